The molecule has 88 valence electrons. The molecule has 0 atom stereocenters. The van der Waals surface area contributed by atoms with Crippen molar-refractivity contribution < 1.29 is 9.90 Å². The average Bonchev–Trinajstić information content (AvgIpc) is 2.62. The number of fused-ring (bicyclic) bond motifs is 1. The van der Waals surface area contributed by atoms with Crippen LogP contribution in [-0.4, -0.2) is 16.0 Å². The highest BCUT2D eigenvalue weighted by molar-refractivity contribution is 5.96. The molecule has 1 aromatic heterocycles. The van der Waals surface area contributed by atoms with Gasteiger partial charge in [-0.05, 0) is 12.0 Å². The van der Waals surface area contributed by atoms with E-state index in [1.807, 2.05) is 25.1 Å². The molecule has 2 rings (SSSR count). The Morgan fingerprint density at radius 3 is 2.88 bits per heavy atom. The molecule has 1 aromatic carbocycles. The topological polar surface area (TPSA) is 77.8 Å². The van der Waals surface area contributed by atoms with Gasteiger partial charge in [0.05, 0.1) is 5.52 Å². The minimum absolute atomic E-state index is 0.0640. The predicted molar refractivity (Wildman–Crippen MR) is 64.5 cm³/mol. The second-order valence-corrected chi connectivity index (χ2v) is 3.73. The number of hydrogen-bond acceptors (Lipinski definition) is 3. The number of aryl methyl sites for hydroxylation is 1. The Balaban J connectivity index is 2.64. The number of amides is 1. The Morgan fingerprint density at radius 2 is 2.24 bits per heavy atom. The third-order valence-corrected chi connectivity index (χ3v) is 2.55. The fourth-order valence-corrected chi connectivity index (χ4v) is 1.77. The molecule has 17 heavy (non-hydrogen) atoms. The first-order valence-electron chi connectivity index (χ1n) is 5.38. The predicted octanol–water partition coefficient (Wildman–Crippen LogP) is 3.07. The molecule has 0 aliphatic heterocycles. The summed E-state index contributed by atoms with van der Waals surface area (Å²) in [4.78, 5) is 13.6. The lowest BCUT2D eigenvalue weighted by molar-refractivity contribution is -0.116. The maximum Gasteiger partial charge on any atom is 0.261 e. The average molecular weight is 231 g/mol. The van der Waals surface area contributed by atoms with E-state index in [0.717, 1.165) is 22.9 Å². The number of aromatic hydroxyl groups is 1. The first-order valence-corrected chi connectivity index (χ1v) is 5.38. The minimum atomic E-state index is -0.398. The molecule has 0 fully saturated rings. The normalized spacial score (nSPS) is 11.4. The monoisotopic (exact) mass is 231 g/mol. The second kappa shape index (κ2) is 4.37. The fraction of sp³-hybridized carbons (Fsp3) is 0.250. The minimum Gasteiger partial charge on any atom is -0.493 e. The molecule has 0 saturated carbocycles. The van der Waals surface area contributed by atoms with Gasteiger partial charge in [0.25, 0.3) is 5.91 Å². The Hall–Kier alpha value is -2.17. The highest BCUT2D eigenvalue weighted by Crippen LogP contribution is 2.36. The van der Waals surface area contributed by atoms with Crippen molar-refractivity contribution in [2.45, 2.75) is 20.3 Å². The fourth-order valence-electron chi connectivity index (χ4n) is 1.77. The first-order chi connectivity index (χ1) is 8.13. The van der Waals surface area contributed by atoms with E-state index in [4.69, 9.17) is 0 Å². The molecule has 0 radical (unpaired) electrons. The molecule has 0 saturated heterocycles. The number of para-hydroxylation sites is 1. The van der Waals surface area contributed by atoms with E-state index in [1.54, 1.807) is 0 Å². The van der Waals surface area contributed by atoms with Crippen LogP contribution in [0, 0.1) is 0 Å². The Kier molecular flexibility index (Phi) is 2.91. The zero-order valence-corrected chi connectivity index (χ0v) is 9.69. The zero-order chi connectivity index (χ0) is 12.4. The molecule has 1 amide bonds. The van der Waals surface area contributed by atoms with Gasteiger partial charge in [0.1, 0.15) is 0 Å². The lowest BCUT2D eigenvalue weighted by Gasteiger charge is -1.97. The molecule has 2 aromatic rings. The summed E-state index contributed by atoms with van der Waals surface area (Å²) in [5, 5.41) is 17.7. The molecule has 0 aliphatic carbocycles. The number of aromatic amines is 1. The highest BCUT2D eigenvalue weighted by Gasteiger charge is 2.12. The van der Waals surface area contributed by atoms with Gasteiger partial charge in [-0.2, -0.15) is 0 Å². The van der Waals surface area contributed by atoms with Crippen molar-refractivity contribution in [2.75, 3.05) is 0 Å². The number of rotatable bonds is 2. The van der Waals surface area contributed by atoms with Crippen LogP contribution in [0.1, 0.15) is 19.4 Å². The van der Waals surface area contributed by atoms with Gasteiger partial charge in [-0.3, -0.25) is 4.79 Å². The molecular weight excluding hydrogens is 218 g/mol. The van der Waals surface area contributed by atoms with Crippen molar-refractivity contribution in [3.05, 3.63) is 23.8 Å². The van der Waals surface area contributed by atoms with Gasteiger partial charge in [0, 0.05) is 12.3 Å². The number of azo groups is 1. The van der Waals surface area contributed by atoms with Crippen molar-refractivity contribution in [1.29, 1.82) is 0 Å². The number of H-pyrrole nitrogens is 1. The number of benzene rings is 1. The van der Waals surface area contributed by atoms with Crippen molar-refractivity contribution in [3.63, 3.8) is 0 Å². The lowest BCUT2D eigenvalue weighted by Crippen LogP contribution is -1.81. The summed E-state index contributed by atoms with van der Waals surface area (Å²) in [6, 6.07) is 5.70. The summed E-state index contributed by atoms with van der Waals surface area (Å²) in [7, 11) is 0. The van der Waals surface area contributed by atoms with Gasteiger partial charge in [0.2, 0.25) is 5.88 Å². The van der Waals surface area contributed by atoms with Crippen molar-refractivity contribution in [1.82, 2.24) is 4.98 Å². The largest absolute Gasteiger partial charge is 0.493 e. The molecule has 2 N–H and O–H groups in total. The first kappa shape index (κ1) is 11.3. The van der Waals surface area contributed by atoms with Crippen LogP contribution in [0.25, 0.3) is 10.9 Å². The van der Waals surface area contributed by atoms with Crippen LogP contribution in [0.3, 0.4) is 0 Å². The van der Waals surface area contributed by atoms with Crippen molar-refractivity contribution in [2.24, 2.45) is 10.2 Å². The number of hydrogen-bond donors (Lipinski definition) is 2. The molecule has 0 aliphatic rings. The zero-order valence-electron chi connectivity index (χ0n) is 9.69. The molecule has 5 nitrogen and oxygen atoms in total. The summed E-state index contributed by atoms with van der Waals surface area (Å²) >= 11 is 0. The van der Waals surface area contributed by atoms with E-state index < -0.39 is 5.91 Å². The summed E-state index contributed by atoms with van der Waals surface area (Å²) in [6.45, 7) is 3.34. The second-order valence-electron chi connectivity index (χ2n) is 3.73. The number of carbonyl (C=O) groups is 1. The van der Waals surface area contributed by atoms with Gasteiger partial charge >= 0.3 is 0 Å². The summed E-state index contributed by atoms with van der Waals surface area (Å²) in [5.74, 6) is -0.462. The summed E-state index contributed by atoms with van der Waals surface area (Å²) in [6.07, 6.45) is 0.848. The van der Waals surface area contributed by atoms with Crippen LogP contribution in [0.2, 0.25) is 0 Å². The van der Waals surface area contributed by atoms with Gasteiger partial charge < -0.3 is 10.1 Å². The number of nitrogens with one attached hydrogen (secondary N) is 1. The molecular formula is C12H13N3O2. The number of carbonyl (C=O) groups excluding carboxylic acids is 1. The highest BCUT2D eigenvalue weighted by atomic mass is 16.3. The van der Waals surface area contributed by atoms with Crippen LogP contribution in [0.15, 0.2) is 28.4 Å². The van der Waals surface area contributed by atoms with Gasteiger partial charge in [-0.15, -0.1) is 10.2 Å². The van der Waals surface area contributed by atoms with Crippen LogP contribution in [0.4, 0.5) is 5.69 Å². The van der Waals surface area contributed by atoms with Crippen LogP contribution >= 0.6 is 0 Å². The van der Waals surface area contributed by atoms with Crippen molar-refractivity contribution >= 4 is 22.5 Å². The number of nitrogens with zero attached hydrogens (tertiary/aromatic N) is 2. The number of aromatic nitrogens is 1. The van der Waals surface area contributed by atoms with E-state index in [2.05, 4.69) is 15.2 Å². The third-order valence-electron chi connectivity index (χ3n) is 2.55. The molecule has 0 spiro atoms. The Labute approximate surface area is 98.2 Å². The lowest BCUT2D eigenvalue weighted by atomic mass is 10.1. The standard InChI is InChI=1S/C12H13N3O2/c1-3-8-5-4-6-9-10(8)13-12(17)11(9)15-14-7(2)16/h4-6,13,17H,3H2,1-2H3. The molecule has 1 heterocycles. The Morgan fingerprint density at radius 1 is 1.47 bits per heavy atom. The molecule has 0 unspecified atom stereocenters. The summed E-state index contributed by atoms with van der Waals surface area (Å²) in [5.41, 5.74) is 2.23. The van der Waals surface area contributed by atoms with Crippen LogP contribution < -0.4 is 0 Å². The smallest absolute Gasteiger partial charge is 0.261 e. The van der Waals surface area contributed by atoms with Crippen LogP contribution in [-0.2, 0) is 11.2 Å². The van der Waals surface area contributed by atoms with Gasteiger partial charge in [0.15, 0.2) is 5.69 Å². The molecule has 0 bridgehead atoms. The summed E-state index contributed by atoms with van der Waals surface area (Å²) < 4.78 is 0. The molecule has 5 heteroatoms. The SMILES string of the molecule is CCc1cccc2c(N=NC(C)=O)c(O)[nH]c12. The maximum absolute atomic E-state index is 10.8. The van der Waals surface area contributed by atoms with E-state index in [1.165, 1.54) is 6.92 Å². The Bertz CT molecular complexity index is 599. The quantitative estimate of drug-likeness (QED) is 0.779. The van der Waals surface area contributed by atoms with Gasteiger partial charge in [-0.1, -0.05) is 25.1 Å². The third kappa shape index (κ3) is 2.04. The van der Waals surface area contributed by atoms with Crippen molar-refractivity contribution in [3.8, 4) is 5.88 Å². The maximum atomic E-state index is 10.8. The van der Waals surface area contributed by atoms with Crippen LogP contribution in [0.5, 0.6) is 5.88 Å². The van der Waals surface area contributed by atoms with E-state index in [9.17, 15) is 9.90 Å². The van der Waals surface area contributed by atoms with E-state index in [0.29, 0.717) is 5.69 Å². The van der Waals surface area contributed by atoms with Gasteiger partial charge in [-0.25, -0.2) is 0 Å². The van der Waals surface area contributed by atoms with E-state index >= 15 is 0 Å². The van der Waals surface area contributed by atoms with E-state index in [-0.39, 0.29) is 5.88 Å².